The zero-order valence-electron chi connectivity index (χ0n) is 14.7. The Bertz CT molecular complexity index is 854. The lowest BCUT2D eigenvalue weighted by molar-refractivity contribution is -0.123. The molecule has 0 saturated carbocycles. The quantitative estimate of drug-likeness (QED) is 0.692. The summed E-state index contributed by atoms with van der Waals surface area (Å²) in [4.78, 5) is 35.8. The Labute approximate surface area is 155 Å². The summed E-state index contributed by atoms with van der Waals surface area (Å²) in [6.45, 7) is 1.50. The van der Waals surface area contributed by atoms with E-state index >= 15 is 0 Å². The largest absolute Gasteiger partial charge is 0.454 e. The number of hydrazine groups is 1. The Morgan fingerprint density at radius 2 is 1.74 bits per heavy atom. The minimum atomic E-state index is -0.494. The van der Waals surface area contributed by atoms with E-state index in [4.69, 9.17) is 9.47 Å². The molecule has 1 aliphatic heterocycles. The molecule has 1 atom stereocenters. The van der Waals surface area contributed by atoms with Crippen molar-refractivity contribution in [3.8, 4) is 11.5 Å². The van der Waals surface area contributed by atoms with Gasteiger partial charge in [0.1, 0.15) is 0 Å². The van der Waals surface area contributed by atoms with E-state index in [1.54, 1.807) is 12.1 Å². The van der Waals surface area contributed by atoms with Gasteiger partial charge in [0.25, 0.3) is 5.91 Å². The number of rotatable bonds is 5. The van der Waals surface area contributed by atoms with E-state index in [1.165, 1.54) is 13.0 Å². The third-order valence-electron chi connectivity index (χ3n) is 3.92. The Hall–Kier alpha value is -3.55. The minimum Gasteiger partial charge on any atom is -0.454 e. The number of hydrogen-bond donors (Lipinski definition) is 3. The fourth-order valence-electron chi connectivity index (χ4n) is 2.66. The molecule has 0 radical (unpaired) electrons. The van der Waals surface area contributed by atoms with Crippen molar-refractivity contribution in [3.05, 3.63) is 59.7 Å². The monoisotopic (exact) mass is 369 g/mol. The average molecular weight is 369 g/mol. The molecule has 8 nitrogen and oxygen atoms in total. The topological polar surface area (TPSA) is 106 Å². The van der Waals surface area contributed by atoms with Gasteiger partial charge in [-0.15, -0.1) is 0 Å². The molecule has 27 heavy (non-hydrogen) atoms. The molecular weight excluding hydrogens is 350 g/mol. The third-order valence-corrected chi connectivity index (χ3v) is 3.92. The molecule has 2 aromatic carbocycles. The lowest BCUT2D eigenvalue weighted by Gasteiger charge is -2.18. The lowest BCUT2D eigenvalue weighted by atomic mass is 10.0. The van der Waals surface area contributed by atoms with Crippen molar-refractivity contribution in [2.45, 2.75) is 19.4 Å². The number of nitrogens with one attached hydrogen (secondary N) is 3. The number of ether oxygens (including phenoxy) is 2. The number of hydrogen-bond acceptors (Lipinski definition) is 5. The van der Waals surface area contributed by atoms with Crippen molar-refractivity contribution in [1.82, 2.24) is 16.2 Å². The van der Waals surface area contributed by atoms with Gasteiger partial charge >= 0.3 is 0 Å². The van der Waals surface area contributed by atoms with E-state index in [0.29, 0.717) is 17.1 Å². The van der Waals surface area contributed by atoms with Crippen molar-refractivity contribution in [1.29, 1.82) is 0 Å². The van der Waals surface area contributed by atoms with Crippen LogP contribution in [0.3, 0.4) is 0 Å². The van der Waals surface area contributed by atoms with Gasteiger partial charge in [0, 0.05) is 12.5 Å². The van der Waals surface area contributed by atoms with Gasteiger partial charge in [0.05, 0.1) is 12.5 Å². The van der Waals surface area contributed by atoms with E-state index in [2.05, 4.69) is 16.2 Å². The highest BCUT2D eigenvalue weighted by Crippen LogP contribution is 2.32. The van der Waals surface area contributed by atoms with E-state index in [0.717, 1.165) is 5.56 Å². The fourth-order valence-corrected chi connectivity index (χ4v) is 2.66. The summed E-state index contributed by atoms with van der Waals surface area (Å²) in [6.07, 6.45) is -0.0228. The number of carbonyl (C=O) groups is 3. The predicted octanol–water partition coefficient (Wildman–Crippen LogP) is 1.44. The molecule has 3 N–H and O–H groups in total. The van der Waals surface area contributed by atoms with Crippen molar-refractivity contribution in [2.24, 2.45) is 0 Å². The van der Waals surface area contributed by atoms with Crippen molar-refractivity contribution in [2.75, 3.05) is 6.79 Å². The van der Waals surface area contributed by atoms with Crippen LogP contribution in [-0.2, 0) is 9.59 Å². The number of fused-ring (bicyclic) bond motifs is 1. The number of amides is 3. The fraction of sp³-hybridized carbons (Fsp3) is 0.211. The predicted molar refractivity (Wildman–Crippen MR) is 95.8 cm³/mol. The highest BCUT2D eigenvalue weighted by atomic mass is 16.7. The van der Waals surface area contributed by atoms with Gasteiger partial charge in [0.15, 0.2) is 11.5 Å². The maximum Gasteiger partial charge on any atom is 0.269 e. The summed E-state index contributed by atoms with van der Waals surface area (Å²) in [7, 11) is 0. The summed E-state index contributed by atoms with van der Waals surface area (Å²) in [5.74, 6) is -0.134. The van der Waals surface area contributed by atoms with Crippen LogP contribution in [0.25, 0.3) is 0 Å². The summed E-state index contributed by atoms with van der Waals surface area (Å²) < 4.78 is 10.4. The standard InChI is InChI=1S/C19H19N3O5/c1-12(23)20-15(13-5-3-2-4-6-13)10-18(24)21-22-19(25)14-7-8-16-17(9-14)27-11-26-16/h2-9,15H,10-11H2,1H3,(H,20,23)(H,21,24)(H,22,25). The molecule has 2 aromatic rings. The maximum atomic E-state index is 12.2. The summed E-state index contributed by atoms with van der Waals surface area (Å²) >= 11 is 0. The third kappa shape index (κ3) is 4.75. The Kier molecular flexibility index (Phi) is 5.55. The molecule has 1 aliphatic rings. The van der Waals surface area contributed by atoms with Crippen LogP contribution >= 0.6 is 0 Å². The molecule has 3 rings (SSSR count). The number of carbonyl (C=O) groups excluding carboxylic acids is 3. The van der Waals surface area contributed by atoms with Gasteiger partial charge < -0.3 is 14.8 Å². The van der Waals surface area contributed by atoms with E-state index < -0.39 is 17.9 Å². The molecule has 0 aromatic heterocycles. The minimum absolute atomic E-state index is 0.0228. The van der Waals surface area contributed by atoms with E-state index in [1.807, 2.05) is 30.3 Å². The van der Waals surface area contributed by atoms with Crippen molar-refractivity contribution < 1.29 is 23.9 Å². The van der Waals surface area contributed by atoms with Crippen LogP contribution in [0.5, 0.6) is 11.5 Å². The SMILES string of the molecule is CC(=O)NC(CC(=O)NNC(=O)c1ccc2c(c1)OCO2)c1ccccc1. The summed E-state index contributed by atoms with van der Waals surface area (Å²) in [5.41, 5.74) is 5.83. The highest BCUT2D eigenvalue weighted by molar-refractivity contribution is 5.96. The van der Waals surface area contributed by atoms with E-state index in [-0.39, 0.29) is 19.1 Å². The smallest absolute Gasteiger partial charge is 0.269 e. The molecule has 0 spiro atoms. The summed E-state index contributed by atoms with van der Waals surface area (Å²) in [5, 5.41) is 2.73. The molecule has 0 bridgehead atoms. The summed E-state index contributed by atoms with van der Waals surface area (Å²) in [6, 6.07) is 13.4. The van der Waals surface area contributed by atoms with Crippen molar-refractivity contribution >= 4 is 17.7 Å². The average Bonchev–Trinajstić information content (AvgIpc) is 3.13. The van der Waals surface area contributed by atoms with Crippen LogP contribution in [0.15, 0.2) is 48.5 Å². The zero-order valence-corrected chi connectivity index (χ0v) is 14.7. The Morgan fingerprint density at radius 1 is 1.00 bits per heavy atom. The van der Waals surface area contributed by atoms with Crippen LogP contribution in [0.1, 0.15) is 35.3 Å². The Morgan fingerprint density at radius 3 is 2.48 bits per heavy atom. The second-order valence-electron chi connectivity index (χ2n) is 5.94. The normalized spacial score (nSPS) is 12.8. The van der Waals surface area contributed by atoms with E-state index in [9.17, 15) is 14.4 Å². The first-order valence-electron chi connectivity index (χ1n) is 8.34. The van der Waals surface area contributed by atoms with Crippen LogP contribution in [0.4, 0.5) is 0 Å². The van der Waals surface area contributed by atoms with Gasteiger partial charge in [-0.1, -0.05) is 30.3 Å². The molecule has 1 unspecified atom stereocenters. The second-order valence-corrected chi connectivity index (χ2v) is 5.94. The maximum absolute atomic E-state index is 12.2. The van der Waals surface area contributed by atoms with Gasteiger partial charge in [-0.25, -0.2) is 0 Å². The Balaban J connectivity index is 1.57. The molecule has 8 heteroatoms. The molecular formula is C19H19N3O5. The van der Waals surface area contributed by atoms with Crippen molar-refractivity contribution in [3.63, 3.8) is 0 Å². The zero-order chi connectivity index (χ0) is 19.2. The highest BCUT2D eigenvalue weighted by Gasteiger charge is 2.19. The molecule has 3 amide bonds. The van der Waals surface area contributed by atoms with Gasteiger partial charge in [-0.3, -0.25) is 25.2 Å². The lowest BCUT2D eigenvalue weighted by Crippen LogP contribution is -2.43. The van der Waals surface area contributed by atoms with Crippen LogP contribution in [0.2, 0.25) is 0 Å². The van der Waals surface area contributed by atoms with Crippen LogP contribution < -0.4 is 25.6 Å². The molecule has 140 valence electrons. The molecule has 0 fully saturated rings. The number of benzene rings is 2. The first-order chi connectivity index (χ1) is 13.0. The molecule has 0 saturated heterocycles. The van der Waals surface area contributed by atoms with Gasteiger partial charge in [0.2, 0.25) is 18.6 Å². The first kappa shape index (κ1) is 18.2. The molecule has 0 aliphatic carbocycles. The molecule has 1 heterocycles. The van der Waals surface area contributed by atoms with Crippen LogP contribution in [-0.4, -0.2) is 24.5 Å². The first-order valence-corrected chi connectivity index (χ1v) is 8.34. The second kappa shape index (κ2) is 8.22. The van der Waals surface area contributed by atoms with Gasteiger partial charge in [-0.2, -0.15) is 0 Å². The van der Waals surface area contributed by atoms with Crippen LogP contribution in [0, 0.1) is 0 Å². The van der Waals surface area contributed by atoms with Gasteiger partial charge in [-0.05, 0) is 23.8 Å².